The standard InChI is InChI=1S/C12H11ClN2O4/c1-7-3-2-4-9(15(18)19)11(7)14-10(16)5-8(6-13)12(14)17/h2-5,16-17H,6H2,1H3. The van der Waals surface area contributed by atoms with Crippen molar-refractivity contribution >= 4 is 17.3 Å². The van der Waals surface area contributed by atoms with Crippen LogP contribution in [0.2, 0.25) is 0 Å². The summed E-state index contributed by atoms with van der Waals surface area (Å²) in [5.41, 5.74) is 0.773. The first-order chi connectivity index (χ1) is 8.97. The molecule has 0 aliphatic heterocycles. The number of aryl methyl sites for hydroxylation is 1. The first-order valence-corrected chi connectivity index (χ1v) is 5.93. The van der Waals surface area contributed by atoms with Gasteiger partial charge in [0.15, 0.2) is 5.88 Å². The van der Waals surface area contributed by atoms with Crippen LogP contribution >= 0.6 is 11.6 Å². The maximum atomic E-state index is 11.0. The summed E-state index contributed by atoms with van der Waals surface area (Å²) in [4.78, 5) is 10.5. The van der Waals surface area contributed by atoms with Crippen LogP contribution in [0, 0.1) is 17.0 Å². The molecule has 6 nitrogen and oxygen atoms in total. The van der Waals surface area contributed by atoms with E-state index in [0.29, 0.717) is 11.1 Å². The number of hydrogen-bond donors (Lipinski definition) is 2. The summed E-state index contributed by atoms with van der Waals surface area (Å²) >= 11 is 5.63. The number of nitro benzene ring substituents is 1. The second kappa shape index (κ2) is 4.81. The maximum absolute atomic E-state index is 11.0. The summed E-state index contributed by atoms with van der Waals surface area (Å²) in [6.45, 7) is 1.65. The second-order valence-corrected chi connectivity index (χ2v) is 4.29. The Kier molecular flexibility index (Phi) is 3.35. The Hall–Kier alpha value is -2.21. The van der Waals surface area contributed by atoms with E-state index in [1.165, 1.54) is 18.2 Å². The van der Waals surface area contributed by atoms with E-state index in [0.717, 1.165) is 4.57 Å². The molecule has 100 valence electrons. The summed E-state index contributed by atoms with van der Waals surface area (Å²) in [5.74, 6) is -0.609. The van der Waals surface area contributed by atoms with Crippen molar-refractivity contribution in [1.29, 1.82) is 0 Å². The van der Waals surface area contributed by atoms with Crippen molar-refractivity contribution in [2.75, 3.05) is 0 Å². The highest BCUT2D eigenvalue weighted by Gasteiger charge is 2.23. The fraction of sp³-hybridized carbons (Fsp3) is 0.167. The average Bonchev–Trinajstić information content (AvgIpc) is 2.64. The molecule has 2 aromatic rings. The Morgan fingerprint density at radius 3 is 2.63 bits per heavy atom. The van der Waals surface area contributed by atoms with Gasteiger partial charge in [0.05, 0.1) is 10.8 Å². The number of aromatic hydroxyl groups is 2. The molecule has 0 spiro atoms. The molecule has 0 fully saturated rings. The van der Waals surface area contributed by atoms with Gasteiger partial charge in [-0.2, -0.15) is 0 Å². The first kappa shape index (κ1) is 13.2. The highest BCUT2D eigenvalue weighted by atomic mass is 35.5. The number of halogens is 1. The van der Waals surface area contributed by atoms with E-state index in [2.05, 4.69) is 0 Å². The smallest absolute Gasteiger partial charge is 0.293 e. The van der Waals surface area contributed by atoms with Crippen molar-refractivity contribution in [1.82, 2.24) is 4.57 Å². The molecule has 1 aromatic heterocycles. The highest BCUT2D eigenvalue weighted by molar-refractivity contribution is 6.17. The lowest BCUT2D eigenvalue weighted by molar-refractivity contribution is -0.384. The third-order valence-electron chi connectivity index (χ3n) is 2.81. The molecule has 0 bridgehead atoms. The molecule has 0 atom stereocenters. The molecule has 1 aromatic carbocycles. The van der Waals surface area contributed by atoms with Gasteiger partial charge in [-0.1, -0.05) is 12.1 Å². The van der Waals surface area contributed by atoms with Crippen molar-refractivity contribution in [2.24, 2.45) is 0 Å². The third kappa shape index (κ3) is 2.10. The van der Waals surface area contributed by atoms with Gasteiger partial charge in [-0.15, -0.1) is 11.6 Å². The van der Waals surface area contributed by atoms with E-state index in [4.69, 9.17) is 11.6 Å². The number of para-hydroxylation sites is 1. The van der Waals surface area contributed by atoms with Gasteiger partial charge < -0.3 is 10.2 Å². The van der Waals surface area contributed by atoms with Crippen LogP contribution in [-0.4, -0.2) is 19.7 Å². The minimum absolute atomic E-state index is 0.00786. The molecular formula is C12H11ClN2O4. The van der Waals surface area contributed by atoms with Crippen LogP contribution in [0.5, 0.6) is 11.8 Å². The molecule has 7 heteroatoms. The number of nitro groups is 1. The zero-order chi connectivity index (χ0) is 14.2. The summed E-state index contributed by atoms with van der Waals surface area (Å²) in [6.07, 6.45) is 0. The lowest BCUT2D eigenvalue weighted by Crippen LogP contribution is -2.02. The van der Waals surface area contributed by atoms with Gasteiger partial charge in [0, 0.05) is 17.7 Å². The molecule has 19 heavy (non-hydrogen) atoms. The quantitative estimate of drug-likeness (QED) is 0.515. The molecule has 0 aliphatic rings. The van der Waals surface area contributed by atoms with Crippen molar-refractivity contribution in [3.63, 3.8) is 0 Å². The van der Waals surface area contributed by atoms with E-state index < -0.39 is 4.92 Å². The van der Waals surface area contributed by atoms with Crippen molar-refractivity contribution in [2.45, 2.75) is 12.8 Å². The van der Waals surface area contributed by atoms with E-state index >= 15 is 0 Å². The van der Waals surface area contributed by atoms with Gasteiger partial charge in [-0.3, -0.25) is 10.1 Å². The molecule has 0 saturated heterocycles. The molecular weight excluding hydrogens is 272 g/mol. The van der Waals surface area contributed by atoms with E-state index in [-0.39, 0.29) is 29.0 Å². The SMILES string of the molecule is Cc1cccc([N+](=O)[O-])c1-n1c(O)cc(CCl)c1O. The molecule has 0 aliphatic carbocycles. The zero-order valence-electron chi connectivity index (χ0n) is 10.00. The maximum Gasteiger partial charge on any atom is 0.293 e. The molecule has 0 saturated carbocycles. The Bertz CT molecular complexity index is 651. The minimum atomic E-state index is -0.568. The van der Waals surface area contributed by atoms with Crippen molar-refractivity contribution in [3.05, 3.63) is 45.5 Å². The number of alkyl halides is 1. The van der Waals surface area contributed by atoms with Crippen LogP contribution in [0.25, 0.3) is 5.69 Å². The van der Waals surface area contributed by atoms with E-state index in [9.17, 15) is 20.3 Å². The lowest BCUT2D eigenvalue weighted by atomic mass is 10.1. The summed E-state index contributed by atoms with van der Waals surface area (Å²) in [5, 5.41) is 30.9. The van der Waals surface area contributed by atoms with Crippen LogP contribution in [0.15, 0.2) is 24.3 Å². The Morgan fingerprint density at radius 2 is 2.11 bits per heavy atom. The van der Waals surface area contributed by atoms with Crippen LogP contribution in [0.3, 0.4) is 0 Å². The van der Waals surface area contributed by atoms with Gasteiger partial charge in [-0.25, -0.2) is 4.57 Å². The van der Waals surface area contributed by atoms with Gasteiger partial charge in [0.1, 0.15) is 5.69 Å². The number of hydrogen-bond acceptors (Lipinski definition) is 4. The van der Waals surface area contributed by atoms with Crippen LogP contribution < -0.4 is 0 Å². The van der Waals surface area contributed by atoms with Gasteiger partial charge >= 0.3 is 0 Å². The average molecular weight is 283 g/mol. The summed E-state index contributed by atoms with van der Waals surface area (Å²) in [7, 11) is 0. The number of benzene rings is 1. The fourth-order valence-corrected chi connectivity index (χ4v) is 2.13. The predicted octanol–water partition coefficient (Wildman–Crippen LogP) is 2.84. The Labute approximate surface area is 113 Å². The lowest BCUT2D eigenvalue weighted by Gasteiger charge is -2.10. The van der Waals surface area contributed by atoms with Crippen LogP contribution in [-0.2, 0) is 5.88 Å². The number of rotatable bonds is 3. The molecule has 2 N–H and O–H groups in total. The predicted molar refractivity (Wildman–Crippen MR) is 70.0 cm³/mol. The first-order valence-electron chi connectivity index (χ1n) is 5.40. The van der Waals surface area contributed by atoms with Crippen molar-refractivity contribution in [3.8, 4) is 17.4 Å². The summed E-state index contributed by atoms with van der Waals surface area (Å²) < 4.78 is 1.02. The molecule has 0 unspecified atom stereocenters. The normalized spacial score (nSPS) is 10.6. The van der Waals surface area contributed by atoms with E-state index in [1.54, 1.807) is 13.0 Å². The largest absolute Gasteiger partial charge is 0.494 e. The number of aromatic nitrogens is 1. The Morgan fingerprint density at radius 1 is 1.42 bits per heavy atom. The Balaban J connectivity index is 2.79. The molecule has 2 rings (SSSR count). The third-order valence-corrected chi connectivity index (χ3v) is 3.10. The molecule has 1 heterocycles. The second-order valence-electron chi connectivity index (χ2n) is 4.02. The van der Waals surface area contributed by atoms with Crippen LogP contribution in [0.4, 0.5) is 5.69 Å². The molecule has 0 amide bonds. The summed E-state index contributed by atoms with van der Waals surface area (Å²) in [6, 6.07) is 5.78. The fourth-order valence-electron chi connectivity index (χ4n) is 1.94. The van der Waals surface area contributed by atoms with Gasteiger partial charge in [0.25, 0.3) is 5.69 Å². The zero-order valence-corrected chi connectivity index (χ0v) is 10.8. The van der Waals surface area contributed by atoms with Crippen molar-refractivity contribution < 1.29 is 15.1 Å². The van der Waals surface area contributed by atoms with Gasteiger partial charge in [-0.05, 0) is 12.5 Å². The number of nitrogens with zero attached hydrogens (tertiary/aromatic N) is 2. The van der Waals surface area contributed by atoms with Crippen LogP contribution in [0.1, 0.15) is 11.1 Å². The molecule has 0 radical (unpaired) electrons. The topological polar surface area (TPSA) is 88.5 Å². The monoisotopic (exact) mass is 282 g/mol. The van der Waals surface area contributed by atoms with E-state index in [1.807, 2.05) is 0 Å². The van der Waals surface area contributed by atoms with Gasteiger partial charge in [0.2, 0.25) is 5.88 Å². The highest BCUT2D eigenvalue weighted by Crippen LogP contribution is 2.37. The minimum Gasteiger partial charge on any atom is -0.494 e.